The molecule has 4 aromatic rings. The maximum atomic E-state index is 13.8. The minimum Gasteiger partial charge on any atom is -0.381 e. The maximum Gasteiger partial charge on any atom is 0.334 e. The van der Waals surface area contributed by atoms with Gasteiger partial charge < -0.3 is 14.5 Å². The average Bonchev–Trinajstić information content (AvgIpc) is 3.48. The molecular formula is C27H31N5O3. The van der Waals surface area contributed by atoms with Gasteiger partial charge in [0, 0.05) is 60.9 Å². The molecule has 2 atom stereocenters. The number of aromatic nitrogens is 5. The number of pyridine rings is 2. The first-order valence-electron chi connectivity index (χ1n) is 12.5. The second kappa shape index (κ2) is 9.09. The van der Waals surface area contributed by atoms with E-state index in [0.717, 1.165) is 77.5 Å². The van der Waals surface area contributed by atoms with E-state index in [0.29, 0.717) is 18.8 Å². The van der Waals surface area contributed by atoms with Crippen molar-refractivity contribution in [3.05, 3.63) is 52.8 Å². The number of nitrogens with zero attached hydrogens (tertiary/aromatic N) is 4. The zero-order valence-electron chi connectivity index (χ0n) is 20.3. The van der Waals surface area contributed by atoms with Gasteiger partial charge in [-0.25, -0.2) is 19.3 Å². The van der Waals surface area contributed by atoms with Gasteiger partial charge in [-0.3, -0.25) is 4.57 Å². The third-order valence-corrected chi connectivity index (χ3v) is 7.53. The highest BCUT2D eigenvalue weighted by Gasteiger charge is 2.26. The van der Waals surface area contributed by atoms with Crippen LogP contribution in [0.1, 0.15) is 44.1 Å². The van der Waals surface area contributed by atoms with E-state index in [-0.39, 0.29) is 17.9 Å². The van der Waals surface area contributed by atoms with Gasteiger partial charge in [0.25, 0.3) is 0 Å². The fourth-order valence-electron chi connectivity index (χ4n) is 5.56. The molecule has 5 heterocycles. The molecule has 8 nitrogen and oxygen atoms in total. The molecule has 6 rings (SSSR count). The van der Waals surface area contributed by atoms with E-state index in [1.54, 1.807) is 7.11 Å². The quantitative estimate of drug-likeness (QED) is 0.456. The Labute approximate surface area is 203 Å². The van der Waals surface area contributed by atoms with Crippen LogP contribution in [0, 0.1) is 6.92 Å². The lowest BCUT2D eigenvalue weighted by Gasteiger charge is -2.28. The fraction of sp³-hybridized carbons (Fsp3) is 0.444. The van der Waals surface area contributed by atoms with E-state index in [2.05, 4.69) is 29.0 Å². The molecule has 182 valence electrons. The summed E-state index contributed by atoms with van der Waals surface area (Å²) >= 11 is 0. The van der Waals surface area contributed by atoms with E-state index in [9.17, 15) is 4.79 Å². The number of hydrogen-bond donors (Lipinski definition) is 1. The number of fused-ring (bicyclic) bond motifs is 2. The van der Waals surface area contributed by atoms with Gasteiger partial charge >= 0.3 is 5.69 Å². The Kier molecular flexibility index (Phi) is 5.78. The normalized spacial score (nSPS) is 21.0. The lowest BCUT2D eigenvalue weighted by molar-refractivity contribution is -0.0638. The number of allylic oxidation sites excluding steroid dienone is 2. The summed E-state index contributed by atoms with van der Waals surface area (Å²) in [5.41, 5.74) is 6.52. The average molecular weight is 474 g/mol. The molecule has 35 heavy (non-hydrogen) atoms. The van der Waals surface area contributed by atoms with Crippen molar-refractivity contribution in [1.29, 1.82) is 0 Å². The van der Waals surface area contributed by atoms with E-state index in [1.807, 2.05) is 33.8 Å². The number of hydrogen-bond acceptors (Lipinski definition) is 5. The molecule has 0 unspecified atom stereocenters. The van der Waals surface area contributed by atoms with Crippen LogP contribution in [0.4, 0.5) is 0 Å². The molecular weight excluding hydrogens is 442 g/mol. The van der Waals surface area contributed by atoms with Gasteiger partial charge in [-0.05, 0) is 56.7 Å². The van der Waals surface area contributed by atoms with Gasteiger partial charge in [0.1, 0.15) is 5.65 Å². The van der Waals surface area contributed by atoms with E-state index in [1.165, 1.54) is 0 Å². The number of aromatic amines is 1. The lowest BCUT2D eigenvalue weighted by atomic mass is 10.0. The zero-order chi connectivity index (χ0) is 23.9. The third-order valence-electron chi connectivity index (χ3n) is 7.53. The number of nitrogens with one attached hydrogen (secondary N) is 1. The maximum absolute atomic E-state index is 13.8. The van der Waals surface area contributed by atoms with E-state index >= 15 is 0 Å². The van der Waals surface area contributed by atoms with Crippen LogP contribution in [0.25, 0.3) is 39.0 Å². The molecule has 0 bridgehead atoms. The Bertz CT molecular complexity index is 1480. The van der Waals surface area contributed by atoms with Crippen molar-refractivity contribution in [2.45, 2.75) is 64.2 Å². The van der Waals surface area contributed by atoms with Crippen LogP contribution >= 0.6 is 0 Å². The highest BCUT2D eigenvalue weighted by molar-refractivity contribution is 5.88. The third kappa shape index (κ3) is 3.90. The van der Waals surface area contributed by atoms with E-state index in [4.69, 9.17) is 14.5 Å². The van der Waals surface area contributed by atoms with Crippen molar-refractivity contribution >= 4 is 27.9 Å². The Hall–Kier alpha value is -3.23. The molecule has 2 aliphatic rings. The number of H-pyrrole nitrogens is 1. The van der Waals surface area contributed by atoms with Gasteiger partial charge in [0.05, 0.1) is 24.3 Å². The van der Waals surface area contributed by atoms with Crippen molar-refractivity contribution < 1.29 is 9.47 Å². The van der Waals surface area contributed by atoms with Gasteiger partial charge in [0.15, 0.2) is 5.65 Å². The minimum atomic E-state index is -0.0750. The molecule has 1 fully saturated rings. The molecule has 1 N–H and O–H groups in total. The summed E-state index contributed by atoms with van der Waals surface area (Å²) in [6, 6.07) is 4.13. The van der Waals surface area contributed by atoms with Crippen molar-refractivity contribution in [2.75, 3.05) is 13.7 Å². The molecule has 0 spiro atoms. The summed E-state index contributed by atoms with van der Waals surface area (Å²) in [7, 11) is 1.74. The molecule has 0 amide bonds. The monoisotopic (exact) mass is 473 g/mol. The Morgan fingerprint density at radius 3 is 3.00 bits per heavy atom. The van der Waals surface area contributed by atoms with Crippen LogP contribution in [0.15, 0.2) is 41.6 Å². The molecule has 4 aromatic heterocycles. The summed E-state index contributed by atoms with van der Waals surface area (Å²) < 4.78 is 15.3. The molecule has 0 radical (unpaired) electrons. The Morgan fingerprint density at radius 2 is 2.17 bits per heavy atom. The van der Waals surface area contributed by atoms with Crippen LogP contribution in [-0.2, 0) is 16.0 Å². The highest BCUT2D eigenvalue weighted by Crippen LogP contribution is 2.31. The Balaban J connectivity index is 1.49. The molecule has 8 heteroatoms. The number of rotatable bonds is 5. The van der Waals surface area contributed by atoms with Gasteiger partial charge in [0.2, 0.25) is 0 Å². The smallest absolute Gasteiger partial charge is 0.334 e. The summed E-state index contributed by atoms with van der Waals surface area (Å²) in [5.74, 6) is 0. The number of aryl methyl sites for hydroxylation is 1. The molecule has 1 aliphatic heterocycles. The Morgan fingerprint density at radius 1 is 1.26 bits per heavy atom. The van der Waals surface area contributed by atoms with Gasteiger partial charge in [-0.1, -0.05) is 6.08 Å². The van der Waals surface area contributed by atoms with E-state index < -0.39 is 0 Å². The van der Waals surface area contributed by atoms with Crippen molar-refractivity contribution in [1.82, 2.24) is 24.1 Å². The first-order valence-corrected chi connectivity index (χ1v) is 12.5. The second-order valence-corrected chi connectivity index (χ2v) is 9.65. The standard InChI is InChI=1S/C27H31N5O3/c1-17-22-8-10-28-25(22)29-15-23(17)18-12-24-26(30-14-18)32(19-6-4-3-5-7-19)27(33)31(24)16-21-13-20(34-2)9-11-35-21/h6,8,10,12,14-15,20-21H,3-5,7,9,11,13,16H2,1-2H3,(H,28,29)/t20-,21+/m0/s1. The molecule has 1 aliphatic carbocycles. The van der Waals surface area contributed by atoms with Gasteiger partial charge in [-0.15, -0.1) is 0 Å². The number of imidazole rings is 1. The van der Waals surface area contributed by atoms with Crippen molar-refractivity contribution in [3.63, 3.8) is 0 Å². The van der Waals surface area contributed by atoms with Crippen LogP contribution in [0.2, 0.25) is 0 Å². The number of ether oxygens (including phenoxy) is 2. The predicted octanol–water partition coefficient (Wildman–Crippen LogP) is 4.66. The summed E-state index contributed by atoms with van der Waals surface area (Å²) in [6.07, 6.45) is 13.7. The van der Waals surface area contributed by atoms with Crippen LogP contribution in [0.3, 0.4) is 0 Å². The van der Waals surface area contributed by atoms with Crippen LogP contribution in [0.5, 0.6) is 0 Å². The van der Waals surface area contributed by atoms with Crippen molar-refractivity contribution in [3.8, 4) is 11.1 Å². The predicted molar refractivity (Wildman–Crippen MR) is 136 cm³/mol. The SMILES string of the molecule is CO[C@H]1CCO[C@@H](Cn2c(=O)n(C3=CCCCC3)c3ncc(-c4cnc5[nH]ccc5c4C)cc32)C1. The topological polar surface area (TPSA) is 87.0 Å². The minimum absolute atomic E-state index is 0.0446. The van der Waals surface area contributed by atoms with Gasteiger partial charge in [-0.2, -0.15) is 0 Å². The van der Waals surface area contributed by atoms with Crippen LogP contribution < -0.4 is 5.69 Å². The second-order valence-electron chi connectivity index (χ2n) is 9.65. The summed E-state index contributed by atoms with van der Waals surface area (Å²) in [6.45, 7) is 3.23. The van der Waals surface area contributed by atoms with Crippen molar-refractivity contribution in [2.24, 2.45) is 0 Å². The van der Waals surface area contributed by atoms with Crippen LogP contribution in [-0.4, -0.2) is 50.0 Å². The first-order chi connectivity index (χ1) is 17.1. The summed E-state index contributed by atoms with van der Waals surface area (Å²) in [4.78, 5) is 26.4. The molecule has 1 saturated heterocycles. The summed E-state index contributed by atoms with van der Waals surface area (Å²) in [5, 5.41) is 1.09. The number of methoxy groups -OCH3 is 1. The lowest BCUT2D eigenvalue weighted by Crippen LogP contribution is -2.36. The molecule has 0 saturated carbocycles. The fourth-order valence-corrected chi connectivity index (χ4v) is 5.56. The largest absolute Gasteiger partial charge is 0.381 e. The zero-order valence-corrected chi connectivity index (χ0v) is 20.3. The first kappa shape index (κ1) is 22.2. The highest BCUT2D eigenvalue weighted by atomic mass is 16.5. The molecule has 0 aromatic carbocycles.